The van der Waals surface area contributed by atoms with Crippen molar-refractivity contribution < 1.29 is 4.79 Å². The standard InChI is InChI=1S/C13H22N4O/c1-9-12(10(2)16(4)15-9)13(18)17-6-5-11(8-17)7-14-3/h11,14H,5-8H2,1-4H3. The molecular formula is C13H22N4O. The molecule has 1 N–H and O–H groups in total. The van der Waals surface area contributed by atoms with Gasteiger partial charge in [-0.1, -0.05) is 0 Å². The van der Waals surface area contributed by atoms with Crippen LogP contribution >= 0.6 is 0 Å². The number of nitrogens with one attached hydrogen (secondary N) is 1. The van der Waals surface area contributed by atoms with E-state index in [0.29, 0.717) is 5.92 Å². The van der Waals surface area contributed by atoms with E-state index in [1.165, 1.54) is 0 Å². The molecule has 0 aliphatic carbocycles. The van der Waals surface area contributed by atoms with Crippen molar-refractivity contribution in [1.29, 1.82) is 0 Å². The first-order valence-corrected chi connectivity index (χ1v) is 6.48. The predicted molar refractivity (Wildman–Crippen MR) is 70.6 cm³/mol. The molecule has 18 heavy (non-hydrogen) atoms. The highest BCUT2D eigenvalue weighted by Gasteiger charge is 2.29. The molecule has 5 heteroatoms. The van der Waals surface area contributed by atoms with Gasteiger partial charge in [0.15, 0.2) is 0 Å². The van der Waals surface area contributed by atoms with Crippen LogP contribution in [0.15, 0.2) is 0 Å². The van der Waals surface area contributed by atoms with Crippen molar-refractivity contribution in [3.63, 3.8) is 0 Å². The summed E-state index contributed by atoms with van der Waals surface area (Å²) in [6, 6.07) is 0. The number of carbonyl (C=O) groups excluding carboxylic acids is 1. The number of likely N-dealkylation sites (tertiary alicyclic amines) is 1. The average Bonchev–Trinajstić information content (AvgIpc) is 2.86. The fourth-order valence-corrected chi connectivity index (χ4v) is 2.71. The lowest BCUT2D eigenvalue weighted by molar-refractivity contribution is 0.0785. The van der Waals surface area contributed by atoms with Crippen LogP contribution in [-0.2, 0) is 7.05 Å². The second-order valence-electron chi connectivity index (χ2n) is 5.13. The molecule has 1 atom stereocenters. The zero-order valence-electron chi connectivity index (χ0n) is 11.7. The number of hydrogen-bond acceptors (Lipinski definition) is 3. The Kier molecular flexibility index (Phi) is 3.71. The molecule has 100 valence electrons. The average molecular weight is 250 g/mol. The Balaban J connectivity index is 2.13. The summed E-state index contributed by atoms with van der Waals surface area (Å²) in [4.78, 5) is 14.5. The summed E-state index contributed by atoms with van der Waals surface area (Å²) < 4.78 is 1.78. The van der Waals surface area contributed by atoms with Crippen molar-refractivity contribution in [3.05, 3.63) is 17.0 Å². The van der Waals surface area contributed by atoms with Crippen molar-refractivity contribution in [3.8, 4) is 0 Å². The van der Waals surface area contributed by atoms with Crippen molar-refractivity contribution in [1.82, 2.24) is 20.0 Å². The highest BCUT2D eigenvalue weighted by atomic mass is 16.2. The summed E-state index contributed by atoms with van der Waals surface area (Å²) in [6.07, 6.45) is 1.09. The van der Waals surface area contributed by atoms with Gasteiger partial charge in [0, 0.05) is 25.8 Å². The molecule has 1 amide bonds. The summed E-state index contributed by atoms with van der Waals surface area (Å²) in [7, 11) is 3.84. The second kappa shape index (κ2) is 5.10. The summed E-state index contributed by atoms with van der Waals surface area (Å²) in [5, 5.41) is 7.50. The number of aryl methyl sites for hydroxylation is 2. The van der Waals surface area contributed by atoms with Crippen LogP contribution in [0.3, 0.4) is 0 Å². The van der Waals surface area contributed by atoms with Gasteiger partial charge in [-0.15, -0.1) is 0 Å². The number of nitrogens with zero attached hydrogens (tertiary/aromatic N) is 3. The van der Waals surface area contributed by atoms with Gasteiger partial charge in [0.25, 0.3) is 5.91 Å². The van der Waals surface area contributed by atoms with E-state index in [0.717, 1.165) is 43.0 Å². The highest BCUT2D eigenvalue weighted by molar-refractivity contribution is 5.96. The smallest absolute Gasteiger partial charge is 0.257 e. The lowest BCUT2D eigenvalue weighted by Gasteiger charge is -2.16. The summed E-state index contributed by atoms with van der Waals surface area (Å²) >= 11 is 0. The summed E-state index contributed by atoms with van der Waals surface area (Å²) in [6.45, 7) is 6.55. The molecule has 0 aromatic carbocycles. The summed E-state index contributed by atoms with van der Waals surface area (Å²) in [5.41, 5.74) is 2.56. The Morgan fingerprint density at radius 3 is 2.78 bits per heavy atom. The van der Waals surface area contributed by atoms with Gasteiger partial charge in [-0.05, 0) is 39.8 Å². The van der Waals surface area contributed by atoms with E-state index in [9.17, 15) is 4.79 Å². The van der Waals surface area contributed by atoms with E-state index in [-0.39, 0.29) is 5.91 Å². The maximum Gasteiger partial charge on any atom is 0.257 e. The van der Waals surface area contributed by atoms with E-state index >= 15 is 0 Å². The van der Waals surface area contributed by atoms with Crippen LogP contribution in [0.1, 0.15) is 28.2 Å². The fourth-order valence-electron chi connectivity index (χ4n) is 2.71. The van der Waals surface area contributed by atoms with Gasteiger partial charge in [0.2, 0.25) is 0 Å². The zero-order valence-corrected chi connectivity index (χ0v) is 11.7. The molecule has 1 saturated heterocycles. The lowest BCUT2D eigenvalue weighted by atomic mass is 10.1. The van der Waals surface area contributed by atoms with E-state index in [2.05, 4.69) is 10.4 Å². The highest BCUT2D eigenvalue weighted by Crippen LogP contribution is 2.21. The number of carbonyl (C=O) groups is 1. The van der Waals surface area contributed by atoms with Crippen LogP contribution < -0.4 is 5.32 Å². The largest absolute Gasteiger partial charge is 0.338 e. The van der Waals surface area contributed by atoms with Gasteiger partial charge >= 0.3 is 0 Å². The first-order chi connectivity index (χ1) is 8.54. The third-order valence-corrected chi connectivity index (χ3v) is 3.79. The van der Waals surface area contributed by atoms with Crippen LogP contribution in [0.5, 0.6) is 0 Å². The van der Waals surface area contributed by atoms with Crippen LogP contribution in [0.25, 0.3) is 0 Å². The van der Waals surface area contributed by atoms with Crippen LogP contribution in [0.2, 0.25) is 0 Å². The van der Waals surface area contributed by atoms with Gasteiger partial charge in [0.1, 0.15) is 0 Å². The molecule has 1 aromatic heterocycles. The van der Waals surface area contributed by atoms with Crippen molar-refractivity contribution in [2.75, 3.05) is 26.7 Å². The van der Waals surface area contributed by atoms with E-state index in [4.69, 9.17) is 0 Å². The van der Waals surface area contributed by atoms with Gasteiger partial charge in [-0.25, -0.2) is 0 Å². The third kappa shape index (κ3) is 2.27. The van der Waals surface area contributed by atoms with Crippen LogP contribution in [-0.4, -0.2) is 47.3 Å². The molecule has 0 radical (unpaired) electrons. The molecule has 1 unspecified atom stereocenters. The monoisotopic (exact) mass is 250 g/mol. The predicted octanol–water partition coefficient (Wildman–Crippen LogP) is 0.718. The molecule has 0 saturated carbocycles. The maximum absolute atomic E-state index is 12.5. The Labute approximate surface area is 108 Å². The maximum atomic E-state index is 12.5. The van der Waals surface area contributed by atoms with E-state index in [1.807, 2.05) is 32.8 Å². The summed E-state index contributed by atoms with van der Waals surface area (Å²) in [5.74, 6) is 0.716. The molecule has 0 bridgehead atoms. The molecule has 2 heterocycles. The molecule has 1 fully saturated rings. The quantitative estimate of drug-likeness (QED) is 0.860. The molecule has 2 rings (SSSR count). The Bertz CT molecular complexity index is 452. The normalized spacial score (nSPS) is 19.6. The second-order valence-corrected chi connectivity index (χ2v) is 5.13. The van der Waals surface area contributed by atoms with E-state index < -0.39 is 0 Å². The number of rotatable bonds is 3. The van der Waals surface area contributed by atoms with Crippen molar-refractivity contribution >= 4 is 5.91 Å². The minimum atomic E-state index is 0.136. The lowest BCUT2D eigenvalue weighted by Crippen LogP contribution is -2.31. The van der Waals surface area contributed by atoms with Gasteiger partial charge in [0.05, 0.1) is 11.3 Å². The number of hydrogen-bond donors (Lipinski definition) is 1. The number of aromatic nitrogens is 2. The third-order valence-electron chi connectivity index (χ3n) is 3.79. The Morgan fingerprint density at radius 2 is 2.22 bits per heavy atom. The first-order valence-electron chi connectivity index (χ1n) is 6.48. The molecule has 1 aliphatic rings. The Morgan fingerprint density at radius 1 is 1.50 bits per heavy atom. The minimum absolute atomic E-state index is 0.136. The van der Waals surface area contributed by atoms with Crippen molar-refractivity contribution in [2.24, 2.45) is 13.0 Å². The van der Waals surface area contributed by atoms with Gasteiger partial charge < -0.3 is 10.2 Å². The molecule has 1 aliphatic heterocycles. The molecule has 0 spiro atoms. The number of amides is 1. The van der Waals surface area contributed by atoms with Crippen LogP contribution in [0, 0.1) is 19.8 Å². The molecule has 5 nitrogen and oxygen atoms in total. The zero-order chi connectivity index (χ0) is 13.3. The minimum Gasteiger partial charge on any atom is -0.338 e. The molecule has 1 aromatic rings. The van der Waals surface area contributed by atoms with Crippen LogP contribution in [0.4, 0.5) is 0 Å². The SMILES string of the molecule is CNCC1CCN(C(=O)c2c(C)nn(C)c2C)C1. The Hall–Kier alpha value is -1.36. The molecular weight excluding hydrogens is 228 g/mol. The van der Waals surface area contributed by atoms with E-state index in [1.54, 1.807) is 4.68 Å². The first kappa shape index (κ1) is 13.1. The van der Waals surface area contributed by atoms with Gasteiger partial charge in [-0.3, -0.25) is 9.48 Å². The topological polar surface area (TPSA) is 50.2 Å². The van der Waals surface area contributed by atoms with Gasteiger partial charge in [-0.2, -0.15) is 5.10 Å². The van der Waals surface area contributed by atoms with Crippen molar-refractivity contribution in [2.45, 2.75) is 20.3 Å². The fraction of sp³-hybridized carbons (Fsp3) is 0.692.